The lowest BCUT2D eigenvalue weighted by Gasteiger charge is -2.25. The number of hydrogen-bond acceptors (Lipinski definition) is 3. The van der Waals surface area contributed by atoms with Crippen LogP contribution < -0.4 is 9.64 Å². The predicted molar refractivity (Wildman–Crippen MR) is 64.3 cm³/mol. The first-order chi connectivity index (χ1) is 8.34. The largest absolute Gasteiger partial charge is 0.491 e. The van der Waals surface area contributed by atoms with Crippen LogP contribution in [0, 0.1) is 0 Å². The van der Waals surface area contributed by atoms with Gasteiger partial charge in [0.05, 0.1) is 13.2 Å². The van der Waals surface area contributed by atoms with Crippen LogP contribution in [0.5, 0.6) is 5.75 Å². The van der Waals surface area contributed by atoms with Crippen molar-refractivity contribution in [3.63, 3.8) is 0 Å². The summed E-state index contributed by atoms with van der Waals surface area (Å²) in [6, 6.07) is 9.59. The Morgan fingerprint density at radius 3 is 2.65 bits per heavy atom. The van der Waals surface area contributed by atoms with Crippen LogP contribution in [-0.4, -0.2) is 50.7 Å². The molecule has 2 rings (SSSR count). The molecule has 0 radical (unpaired) electrons. The molecule has 1 heterocycles. The predicted octanol–water partition coefficient (Wildman–Crippen LogP) is -0.659. The Balaban J connectivity index is 1.68. The monoisotopic (exact) mass is 238 g/mol. The lowest BCUT2D eigenvalue weighted by Crippen LogP contribution is -3.15. The Hall–Kier alpha value is -1.10. The minimum Gasteiger partial charge on any atom is -0.491 e. The molecule has 1 aromatic rings. The van der Waals surface area contributed by atoms with Gasteiger partial charge in [-0.05, 0) is 12.1 Å². The highest BCUT2D eigenvalue weighted by Crippen LogP contribution is 2.08. The molecule has 1 atom stereocenters. The van der Waals surface area contributed by atoms with Gasteiger partial charge in [0.25, 0.3) is 0 Å². The Morgan fingerprint density at radius 1 is 1.24 bits per heavy atom. The highest BCUT2D eigenvalue weighted by Gasteiger charge is 2.18. The van der Waals surface area contributed by atoms with Crippen LogP contribution >= 0.6 is 0 Å². The van der Waals surface area contributed by atoms with Crippen molar-refractivity contribution in [2.75, 3.05) is 39.5 Å². The molecule has 0 saturated carbocycles. The molecule has 0 aliphatic carbocycles. The summed E-state index contributed by atoms with van der Waals surface area (Å²) in [5.41, 5.74) is 0. The molecule has 4 heteroatoms. The number of benzene rings is 1. The van der Waals surface area contributed by atoms with Crippen LogP contribution in [-0.2, 0) is 4.74 Å². The second kappa shape index (κ2) is 6.59. The summed E-state index contributed by atoms with van der Waals surface area (Å²) in [4.78, 5) is 1.39. The van der Waals surface area contributed by atoms with E-state index < -0.39 is 6.10 Å². The fourth-order valence-corrected chi connectivity index (χ4v) is 1.97. The third kappa shape index (κ3) is 4.34. The third-order valence-corrected chi connectivity index (χ3v) is 2.91. The molecule has 4 nitrogen and oxygen atoms in total. The number of rotatable bonds is 5. The minimum absolute atomic E-state index is 0.356. The number of morpholine rings is 1. The summed E-state index contributed by atoms with van der Waals surface area (Å²) in [6.07, 6.45) is -0.414. The van der Waals surface area contributed by atoms with E-state index in [-0.39, 0.29) is 0 Å². The zero-order valence-corrected chi connectivity index (χ0v) is 9.97. The molecule has 0 aromatic heterocycles. The number of hydrogen-bond donors (Lipinski definition) is 2. The van der Waals surface area contributed by atoms with Gasteiger partial charge in [-0.3, -0.25) is 0 Å². The molecule has 1 aliphatic heterocycles. The average Bonchev–Trinajstić information content (AvgIpc) is 2.39. The van der Waals surface area contributed by atoms with E-state index >= 15 is 0 Å². The molecule has 0 spiro atoms. The molecule has 0 bridgehead atoms. The van der Waals surface area contributed by atoms with Gasteiger partial charge in [0.15, 0.2) is 0 Å². The number of ether oxygens (including phenoxy) is 2. The lowest BCUT2D eigenvalue weighted by atomic mass is 10.3. The van der Waals surface area contributed by atoms with Crippen molar-refractivity contribution in [2.24, 2.45) is 0 Å². The Bertz CT molecular complexity index is 312. The highest BCUT2D eigenvalue weighted by molar-refractivity contribution is 5.20. The highest BCUT2D eigenvalue weighted by atomic mass is 16.5. The van der Waals surface area contributed by atoms with Crippen LogP contribution in [0.3, 0.4) is 0 Å². The van der Waals surface area contributed by atoms with Gasteiger partial charge >= 0.3 is 0 Å². The summed E-state index contributed by atoms with van der Waals surface area (Å²) in [5.74, 6) is 0.809. The van der Waals surface area contributed by atoms with Crippen molar-refractivity contribution in [2.45, 2.75) is 6.10 Å². The van der Waals surface area contributed by atoms with Gasteiger partial charge in [-0.15, -0.1) is 0 Å². The van der Waals surface area contributed by atoms with E-state index in [1.807, 2.05) is 30.3 Å². The standard InChI is InChI=1S/C13H19NO3/c15-12(10-14-6-8-16-9-7-14)11-17-13-4-2-1-3-5-13/h1-5,12,15H,6-11H2/p+1/t12-/m1/s1. The van der Waals surface area contributed by atoms with Crippen LogP contribution in [0.15, 0.2) is 30.3 Å². The normalized spacial score (nSPS) is 18.9. The number of para-hydroxylation sites is 1. The Morgan fingerprint density at radius 2 is 1.94 bits per heavy atom. The van der Waals surface area contributed by atoms with Crippen LogP contribution in [0.1, 0.15) is 0 Å². The minimum atomic E-state index is -0.414. The molecule has 1 aliphatic rings. The topological polar surface area (TPSA) is 43.1 Å². The van der Waals surface area contributed by atoms with Gasteiger partial charge < -0.3 is 19.5 Å². The van der Waals surface area contributed by atoms with Crippen molar-refractivity contribution >= 4 is 0 Å². The first-order valence-electron chi connectivity index (χ1n) is 6.12. The van der Waals surface area contributed by atoms with Crippen molar-refractivity contribution in [1.82, 2.24) is 0 Å². The quantitative estimate of drug-likeness (QED) is 0.716. The van der Waals surface area contributed by atoms with Crippen molar-refractivity contribution in [1.29, 1.82) is 0 Å². The third-order valence-electron chi connectivity index (χ3n) is 2.91. The summed E-state index contributed by atoms with van der Waals surface area (Å²) in [5, 5.41) is 9.88. The second-order valence-electron chi connectivity index (χ2n) is 4.34. The van der Waals surface area contributed by atoms with Gasteiger partial charge in [-0.1, -0.05) is 18.2 Å². The maximum atomic E-state index is 9.88. The molecule has 1 saturated heterocycles. The molecule has 17 heavy (non-hydrogen) atoms. The average molecular weight is 238 g/mol. The van der Waals surface area contributed by atoms with E-state index in [0.717, 1.165) is 38.6 Å². The SMILES string of the molecule is O[C@@H](COc1ccccc1)C[NH+]1CCOCC1. The molecular weight excluding hydrogens is 218 g/mol. The van der Waals surface area contributed by atoms with Gasteiger partial charge in [-0.2, -0.15) is 0 Å². The Labute approximate surface area is 102 Å². The fourth-order valence-electron chi connectivity index (χ4n) is 1.97. The maximum Gasteiger partial charge on any atom is 0.137 e. The van der Waals surface area contributed by atoms with E-state index in [1.54, 1.807) is 0 Å². The summed E-state index contributed by atoms with van der Waals surface area (Å²) >= 11 is 0. The first-order valence-corrected chi connectivity index (χ1v) is 6.12. The van der Waals surface area contributed by atoms with Crippen LogP contribution in [0.25, 0.3) is 0 Å². The van der Waals surface area contributed by atoms with Gasteiger partial charge in [0, 0.05) is 0 Å². The Kier molecular flexibility index (Phi) is 4.79. The molecule has 1 aromatic carbocycles. The zero-order chi connectivity index (χ0) is 11.9. The van der Waals surface area contributed by atoms with Gasteiger partial charge in [-0.25, -0.2) is 0 Å². The number of quaternary nitrogens is 1. The number of nitrogens with one attached hydrogen (secondary N) is 1. The number of aliphatic hydroxyl groups is 1. The number of aliphatic hydroxyl groups excluding tert-OH is 1. The molecule has 0 unspecified atom stereocenters. The zero-order valence-electron chi connectivity index (χ0n) is 9.97. The second-order valence-corrected chi connectivity index (χ2v) is 4.34. The summed E-state index contributed by atoms with van der Waals surface area (Å²) in [7, 11) is 0. The summed E-state index contributed by atoms with van der Waals surface area (Å²) < 4.78 is 10.8. The van der Waals surface area contributed by atoms with Crippen LogP contribution in [0.4, 0.5) is 0 Å². The van der Waals surface area contributed by atoms with Crippen molar-refractivity contribution in [3.8, 4) is 5.75 Å². The summed E-state index contributed by atoms with van der Waals surface area (Å²) in [6.45, 7) is 4.62. The lowest BCUT2D eigenvalue weighted by molar-refractivity contribution is -0.911. The molecule has 0 amide bonds. The van der Waals surface area contributed by atoms with Crippen LogP contribution in [0.2, 0.25) is 0 Å². The smallest absolute Gasteiger partial charge is 0.137 e. The van der Waals surface area contributed by atoms with E-state index in [2.05, 4.69) is 0 Å². The maximum absolute atomic E-state index is 9.88. The van der Waals surface area contributed by atoms with Crippen molar-refractivity contribution in [3.05, 3.63) is 30.3 Å². The molecular formula is C13H20NO3+. The molecule has 1 fully saturated rings. The molecule has 94 valence electrons. The van der Waals surface area contributed by atoms with Gasteiger partial charge in [0.2, 0.25) is 0 Å². The van der Waals surface area contributed by atoms with E-state index in [0.29, 0.717) is 6.61 Å². The van der Waals surface area contributed by atoms with E-state index in [1.165, 1.54) is 4.90 Å². The fraction of sp³-hybridized carbons (Fsp3) is 0.538. The van der Waals surface area contributed by atoms with E-state index in [9.17, 15) is 5.11 Å². The van der Waals surface area contributed by atoms with E-state index in [4.69, 9.17) is 9.47 Å². The van der Waals surface area contributed by atoms with Crippen molar-refractivity contribution < 1.29 is 19.5 Å². The van der Waals surface area contributed by atoms with Gasteiger partial charge in [0.1, 0.15) is 38.1 Å². The first kappa shape index (κ1) is 12.4. The molecule has 2 N–H and O–H groups in total.